The van der Waals surface area contributed by atoms with Crippen LogP contribution >= 0.6 is 0 Å². The van der Waals surface area contributed by atoms with Crippen molar-refractivity contribution >= 4 is 27.9 Å². The zero-order valence-corrected chi connectivity index (χ0v) is 11.1. The second kappa shape index (κ2) is 4.99. The average Bonchev–Trinajstić information content (AvgIpc) is 2.90. The van der Waals surface area contributed by atoms with E-state index in [4.69, 9.17) is 4.55 Å². The van der Waals surface area contributed by atoms with Crippen LogP contribution < -0.4 is 0 Å². The number of aromatic nitrogens is 2. The summed E-state index contributed by atoms with van der Waals surface area (Å²) in [5.74, 6) is -0.103. The van der Waals surface area contributed by atoms with Gasteiger partial charge in [0.15, 0.2) is 5.78 Å². The van der Waals surface area contributed by atoms with Crippen LogP contribution in [-0.2, 0) is 11.1 Å². The molecule has 0 fully saturated rings. The molecule has 6 heteroatoms. The van der Waals surface area contributed by atoms with Gasteiger partial charge in [-0.2, -0.15) is 0 Å². The standard InChI is InChI=1S/C14H10N2O3S/c17-13(9-4-2-1-3-5-9)10-6-7-11-12(8-10)16-14(15-11)20(18)19/h1-8H,(H,15,16)(H,18,19). The van der Waals surface area contributed by atoms with Gasteiger partial charge >= 0.3 is 0 Å². The monoisotopic (exact) mass is 286 g/mol. The molecule has 0 amide bonds. The highest BCUT2D eigenvalue weighted by molar-refractivity contribution is 7.79. The molecule has 100 valence electrons. The van der Waals surface area contributed by atoms with Crippen LogP contribution in [0.25, 0.3) is 11.0 Å². The second-order valence-corrected chi connectivity index (χ2v) is 5.10. The number of carbonyl (C=O) groups is 1. The number of hydrogen-bond donors (Lipinski definition) is 2. The Morgan fingerprint density at radius 3 is 2.55 bits per heavy atom. The van der Waals surface area contributed by atoms with Gasteiger partial charge in [-0.05, 0) is 18.2 Å². The highest BCUT2D eigenvalue weighted by Crippen LogP contribution is 2.17. The number of ketones is 1. The van der Waals surface area contributed by atoms with E-state index in [9.17, 15) is 9.00 Å². The van der Waals surface area contributed by atoms with Crippen LogP contribution in [0.2, 0.25) is 0 Å². The van der Waals surface area contributed by atoms with Crippen molar-refractivity contribution in [2.24, 2.45) is 0 Å². The molecule has 0 saturated heterocycles. The van der Waals surface area contributed by atoms with Crippen molar-refractivity contribution in [3.05, 3.63) is 59.7 Å². The lowest BCUT2D eigenvalue weighted by Gasteiger charge is -2.00. The van der Waals surface area contributed by atoms with Crippen LogP contribution in [0.15, 0.2) is 53.7 Å². The molecule has 1 aromatic heterocycles. The van der Waals surface area contributed by atoms with Gasteiger partial charge in [0.25, 0.3) is 0 Å². The average molecular weight is 286 g/mol. The van der Waals surface area contributed by atoms with Crippen molar-refractivity contribution in [3.8, 4) is 0 Å². The molecule has 1 unspecified atom stereocenters. The molecule has 1 atom stereocenters. The number of benzene rings is 2. The summed E-state index contributed by atoms with van der Waals surface area (Å²) in [6.45, 7) is 0. The molecule has 20 heavy (non-hydrogen) atoms. The summed E-state index contributed by atoms with van der Waals surface area (Å²) in [4.78, 5) is 19.0. The van der Waals surface area contributed by atoms with Crippen LogP contribution in [-0.4, -0.2) is 24.5 Å². The lowest BCUT2D eigenvalue weighted by atomic mass is 10.0. The number of rotatable bonds is 3. The first-order chi connectivity index (χ1) is 9.65. The molecule has 3 aromatic rings. The lowest BCUT2D eigenvalue weighted by molar-refractivity contribution is 0.103. The van der Waals surface area contributed by atoms with Gasteiger partial charge in [-0.3, -0.25) is 9.35 Å². The molecule has 0 radical (unpaired) electrons. The Balaban J connectivity index is 2.05. The van der Waals surface area contributed by atoms with E-state index >= 15 is 0 Å². The first kappa shape index (κ1) is 12.7. The van der Waals surface area contributed by atoms with Gasteiger partial charge in [-0.15, -0.1) is 0 Å². The molecule has 1 heterocycles. The van der Waals surface area contributed by atoms with Crippen molar-refractivity contribution in [2.45, 2.75) is 5.16 Å². The van der Waals surface area contributed by atoms with E-state index in [1.807, 2.05) is 6.07 Å². The minimum absolute atomic E-state index is 0.0238. The number of imidazole rings is 1. The number of nitrogens with one attached hydrogen (secondary N) is 1. The van der Waals surface area contributed by atoms with E-state index in [-0.39, 0.29) is 10.9 Å². The minimum Gasteiger partial charge on any atom is -0.329 e. The topological polar surface area (TPSA) is 83.1 Å². The predicted molar refractivity (Wildman–Crippen MR) is 75.0 cm³/mol. The van der Waals surface area contributed by atoms with Crippen LogP contribution in [0.5, 0.6) is 0 Å². The van der Waals surface area contributed by atoms with E-state index in [2.05, 4.69) is 9.97 Å². The van der Waals surface area contributed by atoms with Gasteiger partial charge in [0.05, 0.1) is 11.0 Å². The number of hydrogen-bond acceptors (Lipinski definition) is 3. The normalized spacial score (nSPS) is 12.4. The molecule has 0 saturated carbocycles. The van der Waals surface area contributed by atoms with Crippen molar-refractivity contribution in [2.75, 3.05) is 0 Å². The Morgan fingerprint density at radius 1 is 1.10 bits per heavy atom. The Labute approximate surface area is 117 Å². The quantitative estimate of drug-likeness (QED) is 0.572. The van der Waals surface area contributed by atoms with Crippen LogP contribution in [0.3, 0.4) is 0 Å². The zero-order valence-electron chi connectivity index (χ0n) is 10.2. The molecule has 2 N–H and O–H groups in total. The highest BCUT2D eigenvalue weighted by atomic mass is 32.2. The molecule has 2 aromatic carbocycles. The SMILES string of the molecule is O=C(c1ccccc1)c1ccc2nc(S(=O)O)[nH]c2c1. The summed E-state index contributed by atoms with van der Waals surface area (Å²) in [6, 6.07) is 13.9. The maximum absolute atomic E-state index is 12.3. The van der Waals surface area contributed by atoms with Crippen LogP contribution in [0.1, 0.15) is 15.9 Å². The highest BCUT2D eigenvalue weighted by Gasteiger charge is 2.12. The van der Waals surface area contributed by atoms with E-state index in [0.29, 0.717) is 22.2 Å². The number of nitrogens with zero attached hydrogens (tertiary/aromatic N) is 1. The predicted octanol–water partition coefficient (Wildman–Crippen LogP) is 2.37. The Morgan fingerprint density at radius 2 is 1.85 bits per heavy atom. The zero-order chi connectivity index (χ0) is 14.1. The largest absolute Gasteiger partial charge is 0.329 e. The van der Waals surface area contributed by atoms with E-state index in [1.165, 1.54) is 0 Å². The summed E-state index contributed by atoms with van der Waals surface area (Å²) >= 11 is -2.17. The summed E-state index contributed by atoms with van der Waals surface area (Å²) in [7, 11) is 0. The summed E-state index contributed by atoms with van der Waals surface area (Å²) in [6.07, 6.45) is 0. The molecule has 0 aliphatic rings. The molecule has 3 rings (SSSR count). The number of fused-ring (bicyclic) bond motifs is 1. The number of carbonyl (C=O) groups excluding carboxylic acids is 1. The molecule has 0 aliphatic heterocycles. The summed E-state index contributed by atoms with van der Waals surface area (Å²) in [5, 5.41) is -0.0238. The van der Waals surface area contributed by atoms with Crippen molar-refractivity contribution in [1.29, 1.82) is 0 Å². The van der Waals surface area contributed by atoms with Crippen molar-refractivity contribution < 1.29 is 13.6 Å². The molecule has 0 bridgehead atoms. The Bertz CT molecular complexity index is 812. The lowest BCUT2D eigenvalue weighted by Crippen LogP contribution is -2.00. The number of H-pyrrole nitrogens is 1. The molecular formula is C14H10N2O3S. The maximum Gasteiger partial charge on any atom is 0.225 e. The van der Waals surface area contributed by atoms with Crippen LogP contribution in [0, 0.1) is 0 Å². The number of aromatic amines is 1. The van der Waals surface area contributed by atoms with E-state index < -0.39 is 11.1 Å². The fourth-order valence-electron chi connectivity index (χ4n) is 1.97. The molecule has 5 nitrogen and oxygen atoms in total. The van der Waals surface area contributed by atoms with Gasteiger partial charge in [-0.1, -0.05) is 30.3 Å². The first-order valence-electron chi connectivity index (χ1n) is 5.85. The van der Waals surface area contributed by atoms with Crippen LogP contribution in [0.4, 0.5) is 0 Å². The Kier molecular flexibility index (Phi) is 3.17. The van der Waals surface area contributed by atoms with Gasteiger partial charge in [0.1, 0.15) is 0 Å². The van der Waals surface area contributed by atoms with Gasteiger partial charge in [0.2, 0.25) is 16.2 Å². The fourth-order valence-corrected chi connectivity index (χ4v) is 2.34. The van der Waals surface area contributed by atoms with Gasteiger partial charge in [-0.25, -0.2) is 9.19 Å². The molecule has 0 aliphatic carbocycles. The molecule has 0 spiro atoms. The van der Waals surface area contributed by atoms with Gasteiger partial charge in [0, 0.05) is 11.1 Å². The maximum atomic E-state index is 12.3. The van der Waals surface area contributed by atoms with Gasteiger partial charge < -0.3 is 4.98 Å². The fraction of sp³-hybridized carbons (Fsp3) is 0. The third-order valence-electron chi connectivity index (χ3n) is 2.92. The Hall–Kier alpha value is -2.31. The minimum atomic E-state index is -2.17. The second-order valence-electron chi connectivity index (χ2n) is 4.22. The summed E-state index contributed by atoms with van der Waals surface area (Å²) < 4.78 is 20.0. The molecular weight excluding hydrogens is 276 g/mol. The smallest absolute Gasteiger partial charge is 0.225 e. The summed E-state index contributed by atoms with van der Waals surface area (Å²) in [5.41, 5.74) is 2.20. The van der Waals surface area contributed by atoms with Crippen molar-refractivity contribution in [3.63, 3.8) is 0 Å². The first-order valence-corrected chi connectivity index (χ1v) is 6.96. The van der Waals surface area contributed by atoms with E-state index in [1.54, 1.807) is 42.5 Å². The third kappa shape index (κ3) is 2.26. The third-order valence-corrected chi connectivity index (χ3v) is 3.45. The van der Waals surface area contributed by atoms with Crippen molar-refractivity contribution in [1.82, 2.24) is 9.97 Å². The van der Waals surface area contributed by atoms with E-state index in [0.717, 1.165) is 0 Å².